The van der Waals surface area contributed by atoms with Gasteiger partial charge >= 0.3 is 6.03 Å². The maximum atomic E-state index is 11.5. The molecular formula is C10H19N3O2S. The molecule has 0 aromatic rings. The molecule has 92 valence electrons. The van der Waals surface area contributed by atoms with Crippen LogP contribution in [0.3, 0.4) is 0 Å². The van der Waals surface area contributed by atoms with Gasteiger partial charge in [-0.15, -0.1) is 0 Å². The monoisotopic (exact) mass is 245 g/mol. The van der Waals surface area contributed by atoms with Gasteiger partial charge < -0.3 is 10.6 Å². The first kappa shape index (κ1) is 13.3. The highest BCUT2D eigenvalue weighted by atomic mass is 32.2. The standard InChI is InChI=1S/C10H19N3O2S/c1-7(9(14)13-10(15)11-2)12-5-8-3-4-16-6-8/h7-8,12H,3-6H2,1-2H3,(H2,11,13,14,15). The number of nitrogens with one attached hydrogen (secondary N) is 3. The minimum absolute atomic E-state index is 0.287. The fourth-order valence-corrected chi connectivity index (χ4v) is 2.75. The van der Waals surface area contributed by atoms with Crippen LogP contribution in [-0.4, -0.2) is 43.1 Å². The van der Waals surface area contributed by atoms with Gasteiger partial charge in [0.2, 0.25) is 5.91 Å². The first-order valence-electron chi connectivity index (χ1n) is 5.47. The third-order valence-corrected chi connectivity index (χ3v) is 3.83. The summed E-state index contributed by atoms with van der Waals surface area (Å²) in [6, 6.07) is -0.794. The van der Waals surface area contributed by atoms with E-state index in [1.165, 1.54) is 19.2 Å². The van der Waals surface area contributed by atoms with Crippen molar-refractivity contribution in [2.75, 3.05) is 25.1 Å². The lowest BCUT2D eigenvalue weighted by atomic mass is 10.1. The molecule has 0 radical (unpaired) electrons. The Bertz CT molecular complexity index is 254. The molecule has 1 heterocycles. The van der Waals surface area contributed by atoms with Gasteiger partial charge in [-0.3, -0.25) is 10.1 Å². The van der Waals surface area contributed by atoms with Crippen LogP contribution in [0.2, 0.25) is 0 Å². The third-order valence-electron chi connectivity index (χ3n) is 2.59. The zero-order chi connectivity index (χ0) is 12.0. The first-order valence-corrected chi connectivity index (χ1v) is 6.62. The van der Waals surface area contributed by atoms with Crippen molar-refractivity contribution in [3.8, 4) is 0 Å². The highest BCUT2D eigenvalue weighted by Crippen LogP contribution is 2.22. The molecule has 2 atom stereocenters. The molecule has 0 bridgehead atoms. The second kappa shape index (κ2) is 6.75. The first-order chi connectivity index (χ1) is 7.63. The van der Waals surface area contributed by atoms with Gasteiger partial charge in [0.05, 0.1) is 6.04 Å². The average molecular weight is 245 g/mol. The molecule has 1 saturated heterocycles. The van der Waals surface area contributed by atoms with Crippen LogP contribution >= 0.6 is 11.8 Å². The number of imide groups is 1. The molecule has 1 rings (SSSR count). The predicted octanol–water partition coefficient (Wildman–Crippen LogP) is 0.173. The highest BCUT2D eigenvalue weighted by molar-refractivity contribution is 7.99. The Labute approximate surface area is 100 Å². The van der Waals surface area contributed by atoms with Crippen LogP contribution in [-0.2, 0) is 4.79 Å². The fourth-order valence-electron chi connectivity index (χ4n) is 1.46. The molecule has 1 fully saturated rings. The molecule has 6 heteroatoms. The van der Waals surface area contributed by atoms with Crippen molar-refractivity contribution in [2.45, 2.75) is 19.4 Å². The number of hydrogen-bond acceptors (Lipinski definition) is 4. The molecule has 0 spiro atoms. The van der Waals surface area contributed by atoms with Crippen LogP contribution in [0.25, 0.3) is 0 Å². The zero-order valence-electron chi connectivity index (χ0n) is 9.71. The van der Waals surface area contributed by atoms with Gasteiger partial charge in [0, 0.05) is 7.05 Å². The number of amides is 3. The number of urea groups is 1. The van der Waals surface area contributed by atoms with Crippen molar-refractivity contribution < 1.29 is 9.59 Å². The Morgan fingerprint density at radius 2 is 2.25 bits per heavy atom. The Hall–Kier alpha value is -0.750. The second-order valence-electron chi connectivity index (χ2n) is 3.93. The van der Waals surface area contributed by atoms with Gasteiger partial charge in [-0.2, -0.15) is 11.8 Å². The molecule has 0 saturated carbocycles. The molecule has 0 aliphatic carbocycles. The van der Waals surface area contributed by atoms with Crippen molar-refractivity contribution in [1.82, 2.24) is 16.0 Å². The SMILES string of the molecule is CNC(=O)NC(=O)C(C)NCC1CCSC1. The molecule has 1 aliphatic heterocycles. The Kier molecular flexibility index (Phi) is 5.62. The van der Waals surface area contributed by atoms with Crippen LogP contribution in [0.4, 0.5) is 4.79 Å². The quantitative estimate of drug-likeness (QED) is 0.660. The van der Waals surface area contributed by atoms with Crippen molar-refractivity contribution in [2.24, 2.45) is 5.92 Å². The summed E-state index contributed by atoms with van der Waals surface area (Å²) in [5.41, 5.74) is 0. The number of carbonyl (C=O) groups is 2. The number of hydrogen-bond donors (Lipinski definition) is 3. The zero-order valence-corrected chi connectivity index (χ0v) is 10.5. The van der Waals surface area contributed by atoms with Gasteiger partial charge in [-0.1, -0.05) is 0 Å². The van der Waals surface area contributed by atoms with Crippen molar-refractivity contribution in [3.63, 3.8) is 0 Å². The summed E-state index contributed by atoms with van der Waals surface area (Å²) in [7, 11) is 1.48. The molecule has 3 amide bonds. The maximum absolute atomic E-state index is 11.5. The van der Waals surface area contributed by atoms with Crippen LogP contribution in [0.5, 0.6) is 0 Å². The van der Waals surface area contributed by atoms with Crippen molar-refractivity contribution in [3.05, 3.63) is 0 Å². The summed E-state index contributed by atoms with van der Waals surface area (Å²) in [5.74, 6) is 2.74. The summed E-state index contributed by atoms with van der Waals surface area (Å²) < 4.78 is 0. The van der Waals surface area contributed by atoms with E-state index in [9.17, 15) is 9.59 Å². The molecule has 1 aliphatic rings. The molecular weight excluding hydrogens is 226 g/mol. The van der Waals surface area contributed by atoms with E-state index in [-0.39, 0.29) is 11.9 Å². The predicted molar refractivity (Wildman–Crippen MR) is 65.5 cm³/mol. The largest absolute Gasteiger partial charge is 0.341 e. The number of thioether (sulfide) groups is 1. The smallest absolute Gasteiger partial charge is 0.321 e. The van der Waals surface area contributed by atoms with Gasteiger partial charge in [0.1, 0.15) is 0 Å². The Morgan fingerprint density at radius 1 is 1.50 bits per heavy atom. The lowest BCUT2D eigenvalue weighted by Gasteiger charge is -2.15. The normalized spacial score (nSPS) is 21.5. The summed E-state index contributed by atoms with van der Waals surface area (Å²) in [5, 5.41) is 7.74. The summed E-state index contributed by atoms with van der Waals surface area (Å²) in [6.07, 6.45) is 1.21. The molecule has 2 unspecified atom stereocenters. The van der Waals surface area contributed by atoms with Crippen LogP contribution in [0.1, 0.15) is 13.3 Å². The Balaban J connectivity index is 2.20. The van der Waals surface area contributed by atoms with Gasteiger partial charge in [0.25, 0.3) is 0 Å². The fraction of sp³-hybridized carbons (Fsp3) is 0.800. The molecule has 3 N–H and O–H groups in total. The molecule has 0 aromatic carbocycles. The second-order valence-corrected chi connectivity index (χ2v) is 5.08. The lowest BCUT2D eigenvalue weighted by molar-refractivity contribution is -0.121. The molecule has 5 nitrogen and oxygen atoms in total. The van der Waals surface area contributed by atoms with Gasteiger partial charge in [-0.05, 0) is 37.3 Å². The summed E-state index contributed by atoms with van der Waals surface area (Å²) in [4.78, 5) is 22.4. The summed E-state index contributed by atoms with van der Waals surface area (Å²) in [6.45, 7) is 2.61. The number of carbonyl (C=O) groups excluding carboxylic acids is 2. The van der Waals surface area contributed by atoms with E-state index < -0.39 is 6.03 Å². The van der Waals surface area contributed by atoms with E-state index in [1.54, 1.807) is 6.92 Å². The van der Waals surface area contributed by atoms with E-state index in [4.69, 9.17) is 0 Å². The highest BCUT2D eigenvalue weighted by Gasteiger charge is 2.19. The van der Waals surface area contributed by atoms with Gasteiger partial charge in [0.15, 0.2) is 0 Å². The average Bonchev–Trinajstić information content (AvgIpc) is 2.78. The van der Waals surface area contributed by atoms with E-state index in [1.807, 2.05) is 11.8 Å². The van der Waals surface area contributed by atoms with Crippen molar-refractivity contribution in [1.29, 1.82) is 0 Å². The lowest BCUT2D eigenvalue weighted by Crippen LogP contribution is -2.48. The maximum Gasteiger partial charge on any atom is 0.321 e. The minimum atomic E-state index is -0.463. The van der Waals surface area contributed by atoms with E-state index >= 15 is 0 Å². The van der Waals surface area contributed by atoms with Crippen molar-refractivity contribution >= 4 is 23.7 Å². The number of rotatable bonds is 4. The Morgan fingerprint density at radius 3 is 2.81 bits per heavy atom. The van der Waals surface area contributed by atoms with E-state index in [0.29, 0.717) is 5.92 Å². The molecule has 16 heavy (non-hydrogen) atoms. The molecule has 0 aromatic heterocycles. The van der Waals surface area contributed by atoms with Gasteiger partial charge in [-0.25, -0.2) is 4.79 Å². The minimum Gasteiger partial charge on any atom is -0.341 e. The van der Waals surface area contributed by atoms with Crippen LogP contribution in [0, 0.1) is 5.92 Å². The van der Waals surface area contributed by atoms with Crippen LogP contribution < -0.4 is 16.0 Å². The third kappa shape index (κ3) is 4.40. The summed E-state index contributed by atoms with van der Waals surface area (Å²) >= 11 is 1.95. The van der Waals surface area contributed by atoms with E-state index in [0.717, 1.165) is 12.3 Å². The van der Waals surface area contributed by atoms with Crippen LogP contribution in [0.15, 0.2) is 0 Å². The van der Waals surface area contributed by atoms with E-state index in [2.05, 4.69) is 16.0 Å². The topological polar surface area (TPSA) is 70.2 Å².